The lowest BCUT2D eigenvalue weighted by Crippen LogP contribution is -2.28. The molecule has 2 aromatic rings. The normalized spacial score (nSPS) is 10.2. The molecule has 0 atom stereocenters. The van der Waals surface area contributed by atoms with E-state index in [1.807, 2.05) is 44.3 Å². The van der Waals surface area contributed by atoms with Gasteiger partial charge in [-0.2, -0.15) is 5.10 Å². The highest BCUT2D eigenvalue weighted by Gasteiger charge is 2.07. The standard InChI is InChI=1S/C14H18N4O2/c1-10-8-13(17-18(10)2)16-14(19)15-9-11-6-4-5-7-12(11)20-3/h4-8H,9H2,1-3H3,(H2,15,16,17,19). The molecular formula is C14H18N4O2. The number of nitrogens with one attached hydrogen (secondary N) is 2. The fourth-order valence-corrected chi connectivity index (χ4v) is 1.81. The summed E-state index contributed by atoms with van der Waals surface area (Å²) in [6, 6.07) is 9.07. The molecule has 1 aromatic heterocycles. The van der Waals surface area contributed by atoms with E-state index in [-0.39, 0.29) is 6.03 Å². The first-order valence-corrected chi connectivity index (χ1v) is 6.27. The fraction of sp³-hybridized carbons (Fsp3) is 0.286. The Bertz CT molecular complexity index is 587. The molecule has 0 saturated heterocycles. The van der Waals surface area contributed by atoms with Crippen LogP contribution in [0.15, 0.2) is 30.3 Å². The number of aryl methyl sites for hydroxylation is 2. The van der Waals surface area contributed by atoms with Gasteiger partial charge in [0.25, 0.3) is 0 Å². The number of hydrogen-bond acceptors (Lipinski definition) is 3. The second-order valence-electron chi connectivity index (χ2n) is 4.41. The third-order valence-corrected chi connectivity index (χ3v) is 2.99. The van der Waals surface area contributed by atoms with Crippen LogP contribution in [-0.4, -0.2) is 22.9 Å². The topological polar surface area (TPSA) is 68.2 Å². The molecule has 6 nitrogen and oxygen atoms in total. The van der Waals surface area contributed by atoms with Crippen LogP contribution in [0.2, 0.25) is 0 Å². The predicted octanol–water partition coefficient (Wildman–Crippen LogP) is 2.06. The van der Waals surface area contributed by atoms with Crippen molar-refractivity contribution in [3.8, 4) is 5.75 Å². The van der Waals surface area contributed by atoms with E-state index >= 15 is 0 Å². The third kappa shape index (κ3) is 3.28. The Kier molecular flexibility index (Phi) is 4.24. The minimum Gasteiger partial charge on any atom is -0.496 e. The van der Waals surface area contributed by atoms with Crippen molar-refractivity contribution in [2.75, 3.05) is 12.4 Å². The molecule has 2 amide bonds. The summed E-state index contributed by atoms with van der Waals surface area (Å²) in [6.07, 6.45) is 0. The first-order chi connectivity index (χ1) is 9.60. The SMILES string of the molecule is COc1ccccc1CNC(=O)Nc1cc(C)n(C)n1. The highest BCUT2D eigenvalue weighted by molar-refractivity contribution is 5.88. The zero-order valence-electron chi connectivity index (χ0n) is 11.8. The first kappa shape index (κ1) is 13.9. The second-order valence-corrected chi connectivity index (χ2v) is 4.41. The van der Waals surface area contributed by atoms with Crippen LogP contribution in [0, 0.1) is 6.92 Å². The third-order valence-electron chi connectivity index (χ3n) is 2.99. The summed E-state index contributed by atoms with van der Waals surface area (Å²) in [6.45, 7) is 2.31. The Hall–Kier alpha value is -2.50. The molecule has 0 aliphatic carbocycles. The molecular weight excluding hydrogens is 256 g/mol. The van der Waals surface area contributed by atoms with Crippen LogP contribution in [0.1, 0.15) is 11.3 Å². The lowest BCUT2D eigenvalue weighted by atomic mass is 10.2. The number of carbonyl (C=O) groups is 1. The molecule has 20 heavy (non-hydrogen) atoms. The zero-order chi connectivity index (χ0) is 14.5. The lowest BCUT2D eigenvalue weighted by molar-refractivity contribution is 0.251. The van der Waals surface area contributed by atoms with Crippen LogP contribution in [0.5, 0.6) is 5.75 Å². The molecule has 0 aliphatic heterocycles. The van der Waals surface area contributed by atoms with Crippen molar-refractivity contribution >= 4 is 11.8 Å². The molecule has 0 spiro atoms. The van der Waals surface area contributed by atoms with Crippen molar-refractivity contribution < 1.29 is 9.53 Å². The van der Waals surface area contributed by atoms with Crippen LogP contribution in [0.25, 0.3) is 0 Å². The number of methoxy groups -OCH3 is 1. The fourth-order valence-electron chi connectivity index (χ4n) is 1.81. The van der Waals surface area contributed by atoms with Gasteiger partial charge >= 0.3 is 6.03 Å². The van der Waals surface area contributed by atoms with Crippen molar-refractivity contribution in [1.82, 2.24) is 15.1 Å². The number of aromatic nitrogens is 2. The van der Waals surface area contributed by atoms with Crippen molar-refractivity contribution in [2.24, 2.45) is 7.05 Å². The maximum Gasteiger partial charge on any atom is 0.320 e. The van der Waals surface area contributed by atoms with E-state index in [4.69, 9.17) is 4.74 Å². The van der Waals surface area contributed by atoms with E-state index in [2.05, 4.69) is 15.7 Å². The summed E-state index contributed by atoms with van der Waals surface area (Å²) in [7, 11) is 3.43. The van der Waals surface area contributed by atoms with Gasteiger partial charge in [0.1, 0.15) is 5.75 Å². The van der Waals surface area contributed by atoms with E-state index in [0.717, 1.165) is 17.0 Å². The summed E-state index contributed by atoms with van der Waals surface area (Å²) in [5, 5.41) is 9.62. The van der Waals surface area contributed by atoms with E-state index in [9.17, 15) is 4.79 Å². The molecule has 0 bridgehead atoms. The summed E-state index contributed by atoms with van der Waals surface area (Å²) in [4.78, 5) is 11.8. The van der Waals surface area contributed by atoms with E-state index in [1.165, 1.54) is 0 Å². The molecule has 2 rings (SSSR count). The number of amides is 2. The first-order valence-electron chi connectivity index (χ1n) is 6.27. The number of hydrogen-bond donors (Lipinski definition) is 2. The molecule has 1 aromatic carbocycles. The average molecular weight is 274 g/mol. The van der Waals surface area contributed by atoms with Crippen molar-refractivity contribution in [3.63, 3.8) is 0 Å². The molecule has 106 valence electrons. The van der Waals surface area contributed by atoms with Crippen LogP contribution in [-0.2, 0) is 13.6 Å². The number of ether oxygens (including phenoxy) is 1. The summed E-state index contributed by atoms with van der Waals surface area (Å²) in [5.41, 5.74) is 1.90. The van der Waals surface area contributed by atoms with Gasteiger partial charge in [0, 0.05) is 30.9 Å². The number of para-hydroxylation sites is 1. The number of carbonyl (C=O) groups excluding carboxylic acids is 1. The summed E-state index contributed by atoms with van der Waals surface area (Å²) < 4.78 is 6.93. The molecule has 1 heterocycles. The Labute approximate surface area is 117 Å². The average Bonchev–Trinajstić information content (AvgIpc) is 2.75. The molecule has 2 N–H and O–H groups in total. The van der Waals surface area contributed by atoms with Gasteiger partial charge in [-0.15, -0.1) is 0 Å². The maximum absolute atomic E-state index is 11.8. The van der Waals surface area contributed by atoms with Crippen LogP contribution in [0.3, 0.4) is 0 Å². The minimum absolute atomic E-state index is 0.297. The van der Waals surface area contributed by atoms with Gasteiger partial charge < -0.3 is 10.1 Å². The molecule has 0 unspecified atom stereocenters. The van der Waals surface area contributed by atoms with Gasteiger partial charge in [-0.05, 0) is 13.0 Å². The van der Waals surface area contributed by atoms with E-state index < -0.39 is 0 Å². The largest absolute Gasteiger partial charge is 0.496 e. The van der Waals surface area contributed by atoms with Crippen molar-refractivity contribution in [1.29, 1.82) is 0 Å². The van der Waals surface area contributed by atoms with E-state index in [1.54, 1.807) is 11.8 Å². The highest BCUT2D eigenvalue weighted by atomic mass is 16.5. The number of urea groups is 1. The Morgan fingerprint density at radius 3 is 2.80 bits per heavy atom. The van der Waals surface area contributed by atoms with Gasteiger partial charge in [-0.25, -0.2) is 4.79 Å². The number of nitrogens with zero attached hydrogens (tertiary/aromatic N) is 2. The zero-order valence-corrected chi connectivity index (χ0v) is 11.8. The number of rotatable bonds is 4. The highest BCUT2D eigenvalue weighted by Crippen LogP contribution is 2.16. The molecule has 6 heteroatoms. The van der Waals surface area contributed by atoms with Gasteiger partial charge in [0.15, 0.2) is 5.82 Å². The summed E-state index contributed by atoms with van der Waals surface area (Å²) in [5.74, 6) is 1.28. The Morgan fingerprint density at radius 2 is 2.15 bits per heavy atom. The minimum atomic E-state index is -0.297. The maximum atomic E-state index is 11.8. The Morgan fingerprint density at radius 1 is 1.40 bits per heavy atom. The van der Waals surface area contributed by atoms with Crippen LogP contribution in [0.4, 0.5) is 10.6 Å². The van der Waals surface area contributed by atoms with Crippen molar-refractivity contribution in [3.05, 3.63) is 41.6 Å². The molecule has 0 aliphatic rings. The predicted molar refractivity (Wildman–Crippen MR) is 76.8 cm³/mol. The van der Waals surface area contributed by atoms with Gasteiger partial charge in [0.05, 0.1) is 7.11 Å². The summed E-state index contributed by atoms with van der Waals surface area (Å²) >= 11 is 0. The second kappa shape index (κ2) is 6.10. The monoisotopic (exact) mass is 274 g/mol. The quantitative estimate of drug-likeness (QED) is 0.896. The molecule has 0 radical (unpaired) electrons. The Balaban J connectivity index is 1.92. The number of anilines is 1. The van der Waals surface area contributed by atoms with Gasteiger partial charge in [0.2, 0.25) is 0 Å². The van der Waals surface area contributed by atoms with Crippen LogP contribution < -0.4 is 15.4 Å². The van der Waals surface area contributed by atoms with Gasteiger partial charge in [-0.1, -0.05) is 18.2 Å². The lowest BCUT2D eigenvalue weighted by Gasteiger charge is -2.09. The van der Waals surface area contributed by atoms with Gasteiger partial charge in [-0.3, -0.25) is 10.00 Å². The molecule has 0 fully saturated rings. The number of benzene rings is 1. The van der Waals surface area contributed by atoms with Crippen molar-refractivity contribution in [2.45, 2.75) is 13.5 Å². The smallest absolute Gasteiger partial charge is 0.320 e. The van der Waals surface area contributed by atoms with Crippen LogP contribution >= 0.6 is 0 Å². The molecule has 0 saturated carbocycles. The van der Waals surface area contributed by atoms with E-state index in [0.29, 0.717) is 12.4 Å².